The summed E-state index contributed by atoms with van der Waals surface area (Å²) in [7, 11) is 0. The molecular formula is C9H6F3NOS2. The van der Waals surface area contributed by atoms with Crippen LogP contribution in [0.5, 0.6) is 0 Å². The van der Waals surface area contributed by atoms with Crippen molar-refractivity contribution < 1.29 is 17.7 Å². The summed E-state index contributed by atoms with van der Waals surface area (Å²) in [4.78, 5) is 3.90. The highest BCUT2D eigenvalue weighted by atomic mass is 32.2. The second-order valence-corrected chi connectivity index (χ2v) is 5.70. The predicted molar refractivity (Wildman–Crippen MR) is 57.0 cm³/mol. The molecular weight excluding hydrogens is 259 g/mol. The van der Waals surface area contributed by atoms with Crippen molar-refractivity contribution in [3.8, 4) is 0 Å². The van der Waals surface area contributed by atoms with Crippen molar-refractivity contribution in [3.63, 3.8) is 0 Å². The lowest BCUT2D eigenvalue weighted by atomic mass is 10.2. The van der Waals surface area contributed by atoms with Crippen molar-refractivity contribution in [2.45, 2.75) is 10.5 Å². The lowest BCUT2D eigenvalue weighted by Gasteiger charge is -2.04. The zero-order valence-corrected chi connectivity index (χ0v) is 9.67. The Bertz CT molecular complexity index is 521. The number of hydrogen-bond donors (Lipinski definition) is 0. The molecule has 0 aliphatic carbocycles. The van der Waals surface area contributed by atoms with Gasteiger partial charge in [0, 0.05) is 11.2 Å². The summed E-state index contributed by atoms with van der Waals surface area (Å²) < 4.78 is 49.3. The Morgan fingerprint density at radius 1 is 1.38 bits per heavy atom. The van der Waals surface area contributed by atoms with Crippen molar-refractivity contribution in [2.75, 3.05) is 6.26 Å². The zero-order valence-electron chi connectivity index (χ0n) is 8.04. The summed E-state index contributed by atoms with van der Waals surface area (Å²) in [6.45, 7) is 0. The van der Waals surface area contributed by atoms with Gasteiger partial charge in [0.25, 0.3) is 0 Å². The van der Waals surface area contributed by atoms with Gasteiger partial charge in [0.05, 0.1) is 15.8 Å². The molecule has 0 N–H and O–H groups in total. The first-order chi connectivity index (χ1) is 7.38. The quantitative estimate of drug-likeness (QED) is 0.743. The largest absolute Gasteiger partial charge is 0.610 e. The smallest absolute Gasteiger partial charge is 0.416 e. The number of thiazole rings is 1. The van der Waals surface area contributed by atoms with E-state index in [1.807, 2.05) is 0 Å². The minimum Gasteiger partial charge on any atom is -0.610 e. The summed E-state index contributed by atoms with van der Waals surface area (Å²) in [6.07, 6.45) is -2.92. The minimum absolute atomic E-state index is 0.241. The molecule has 1 aromatic carbocycles. The first-order valence-electron chi connectivity index (χ1n) is 4.19. The van der Waals surface area contributed by atoms with E-state index < -0.39 is 22.9 Å². The van der Waals surface area contributed by atoms with Crippen molar-refractivity contribution in [1.82, 2.24) is 4.98 Å². The van der Waals surface area contributed by atoms with Gasteiger partial charge in [-0.3, -0.25) is 0 Å². The molecule has 0 bridgehead atoms. The maximum absolute atomic E-state index is 12.4. The molecule has 2 rings (SSSR count). The molecule has 7 heteroatoms. The zero-order chi connectivity index (χ0) is 11.9. The molecule has 0 spiro atoms. The number of halogens is 3. The summed E-state index contributed by atoms with van der Waals surface area (Å²) in [5.74, 6) is 0. The second-order valence-electron chi connectivity index (χ2n) is 3.11. The second kappa shape index (κ2) is 3.90. The normalized spacial score (nSPS) is 14.3. The average Bonchev–Trinajstić information content (AvgIpc) is 2.58. The Morgan fingerprint density at radius 2 is 2.06 bits per heavy atom. The third kappa shape index (κ3) is 2.16. The first kappa shape index (κ1) is 11.7. The molecule has 0 saturated carbocycles. The van der Waals surface area contributed by atoms with Gasteiger partial charge in [0.2, 0.25) is 0 Å². The summed E-state index contributed by atoms with van der Waals surface area (Å²) in [5, 5.41) is 0. The van der Waals surface area contributed by atoms with Gasteiger partial charge in [-0.05, 0) is 18.2 Å². The highest BCUT2D eigenvalue weighted by Crippen LogP contribution is 2.33. The topological polar surface area (TPSA) is 36.0 Å². The fourth-order valence-corrected chi connectivity index (χ4v) is 2.85. The molecule has 1 atom stereocenters. The standard InChI is InChI=1S/C9H6F3NOS2/c1-16(14)8-13-6-4-5(9(10,11)12)2-3-7(6)15-8/h2-4H,1H3. The van der Waals surface area contributed by atoms with Crippen LogP contribution in [0.4, 0.5) is 13.2 Å². The summed E-state index contributed by atoms with van der Waals surface area (Å²) in [5.41, 5.74) is -0.497. The summed E-state index contributed by atoms with van der Waals surface area (Å²) in [6, 6.07) is 3.33. The van der Waals surface area contributed by atoms with E-state index in [4.69, 9.17) is 0 Å². The number of benzene rings is 1. The lowest BCUT2D eigenvalue weighted by molar-refractivity contribution is -0.137. The highest BCUT2D eigenvalue weighted by Gasteiger charge is 2.31. The third-order valence-corrected chi connectivity index (χ3v) is 4.31. The molecule has 0 aliphatic rings. The fraction of sp³-hybridized carbons (Fsp3) is 0.222. The fourth-order valence-electron chi connectivity index (χ4n) is 1.21. The van der Waals surface area contributed by atoms with Gasteiger partial charge in [-0.2, -0.15) is 18.2 Å². The van der Waals surface area contributed by atoms with Crippen LogP contribution >= 0.6 is 11.3 Å². The van der Waals surface area contributed by atoms with Crippen LogP contribution in [0, 0.1) is 0 Å². The number of hydrogen-bond acceptors (Lipinski definition) is 3. The summed E-state index contributed by atoms with van der Waals surface area (Å²) >= 11 is -0.117. The third-order valence-electron chi connectivity index (χ3n) is 1.94. The minimum atomic E-state index is -4.37. The van der Waals surface area contributed by atoms with E-state index in [0.29, 0.717) is 9.04 Å². The Morgan fingerprint density at radius 3 is 2.62 bits per heavy atom. The highest BCUT2D eigenvalue weighted by molar-refractivity contribution is 7.92. The lowest BCUT2D eigenvalue weighted by Crippen LogP contribution is -2.04. The predicted octanol–water partition coefficient (Wildman–Crippen LogP) is 3.05. The van der Waals surface area contributed by atoms with Gasteiger partial charge in [-0.15, -0.1) is 0 Å². The monoisotopic (exact) mass is 265 g/mol. The van der Waals surface area contributed by atoms with Crippen LogP contribution in [0.15, 0.2) is 22.5 Å². The molecule has 86 valence electrons. The van der Waals surface area contributed by atoms with Crippen LogP contribution in [0.1, 0.15) is 5.56 Å². The molecule has 0 amide bonds. The number of aromatic nitrogens is 1. The number of rotatable bonds is 1. The number of nitrogens with zero attached hydrogens (tertiary/aromatic N) is 1. The maximum atomic E-state index is 12.4. The first-order valence-corrected chi connectivity index (χ1v) is 6.56. The van der Waals surface area contributed by atoms with Crippen LogP contribution in [0.3, 0.4) is 0 Å². The molecule has 0 saturated heterocycles. The van der Waals surface area contributed by atoms with Crippen LogP contribution in [0.2, 0.25) is 0 Å². The van der Waals surface area contributed by atoms with Gasteiger partial charge in [-0.1, -0.05) is 11.3 Å². The van der Waals surface area contributed by atoms with E-state index >= 15 is 0 Å². The Hall–Kier alpha value is -0.790. The van der Waals surface area contributed by atoms with E-state index in [9.17, 15) is 17.7 Å². The van der Waals surface area contributed by atoms with E-state index in [1.54, 1.807) is 0 Å². The van der Waals surface area contributed by atoms with Crippen molar-refractivity contribution in [3.05, 3.63) is 23.8 Å². The van der Waals surface area contributed by atoms with Gasteiger partial charge in [0.1, 0.15) is 6.26 Å². The number of alkyl halides is 3. The maximum Gasteiger partial charge on any atom is 0.416 e. The molecule has 2 nitrogen and oxygen atoms in total. The van der Waals surface area contributed by atoms with Gasteiger partial charge in [-0.25, -0.2) is 0 Å². The molecule has 1 heterocycles. The molecule has 1 aromatic heterocycles. The Kier molecular flexibility index (Phi) is 2.85. The van der Waals surface area contributed by atoms with E-state index in [2.05, 4.69) is 4.98 Å². The van der Waals surface area contributed by atoms with Crippen molar-refractivity contribution >= 4 is 32.7 Å². The molecule has 2 aromatic rings. The van der Waals surface area contributed by atoms with Gasteiger partial charge >= 0.3 is 10.5 Å². The Labute approximate surface area is 96.3 Å². The van der Waals surface area contributed by atoms with Crippen LogP contribution in [0.25, 0.3) is 10.2 Å². The molecule has 0 aliphatic heterocycles. The molecule has 1 unspecified atom stereocenters. The van der Waals surface area contributed by atoms with Gasteiger partial charge in [0.15, 0.2) is 0 Å². The van der Waals surface area contributed by atoms with Crippen molar-refractivity contribution in [1.29, 1.82) is 0 Å². The Balaban J connectivity index is 2.54. The van der Waals surface area contributed by atoms with E-state index in [-0.39, 0.29) is 5.52 Å². The average molecular weight is 265 g/mol. The molecule has 0 radical (unpaired) electrons. The number of fused-ring (bicyclic) bond motifs is 1. The van der Waals surface area contributed by atoms with Crippen molar-refractivity contribution in [2.24, 2.45) is 0 Å². The van der Waals surface area contributed by atoms with Crippen LogP contribution in [-0.4, -0.2) is 15.8 Å². The van der Waals surface area contributed by atoms with E-state index in [0.717, 1.165) is 23.5 Å². The molecule has 16 heavy (non-hydrogen) atoms. The van der Waals surface area contributed by atoms with E-state index in [1.165, 1.54) is 12.3 Å². The molecule has 0 fully saturated rings. The van der Waals surface area contributed by atoms with Crippen LogP contribution in [-0.2, 0) is 17.4 Å². The van der Waals surface area contributed by atoms with Gasteiger partial charge < -0.3 is 4.55 Å². The van der Waals surface area contributed by atoms with Crippen LogP contribution < -0.4 is 0 Å². The SMILES string of the molecule is C[S+]([O-])c1nc2cc(C(F)(F)F)ccc2s1.